The lowest BCUT2D eigenvalue weighted by Gasteiger charge is -2.14. The van der Waals surface area contributed by atoms with E-state index in [1.165, 1.54) is 6.08 Å². The number of ether oxygens (including phenoxy) is 2. The molecule has 0 bridgehead atoms. The largest absolute Gasteiger partial charge is 0.490 e. The van der Waals surface area contributed by atoms with E-state index in [4.69, 9.17) is 21.1 Å². The number of nitrogens with one attached hydrogen (secondary N) is 1. The molecule has 1 N–H and O–H groups in total. The molecule has 0 unspecified atom stereocenters. The average Bonchev–Trinajstić information content (AvgIpc) is 2.70. The van der Waals surface area contributed by atoms with E-state index in [0.29, 0.717) is 17.4 Å². The van der Waals surface area contributed by atoms with Crippen molar-refractivity contribution in [2.24, 2.45) is 0 Å². The van der Waals surface area contributed by atoms with Crippen LogP contribution in [0.25, 0.3) is 6.08 Å². The molecular formula is C22H22ClNO4. The van der Waals surface area contributed by atoms with Gasteiger partial charge in [-0.05, 0) is 48.4 Å². The Morgan fingerprint density at radius 1 is 1.14 bits per heavy atom. The van der Waals surface area contributed by atoms with Gasteiger partial charge < -0.3 is 14.8 Å². The maximum atomic E-state index is 11.9. The van der Waals surface area contributed by atoms with Crippen LogP contribution < -0.4 is 10.1 Å². The molecule has 2 aromatic rings. The first-order valence-electron chi connectivity index (χ1n) is 8.71. The van der Waals surface area contributed by atoms with Gasteiger partial charge >= 0.3 is 5.97 Å². The van der Waals surface area contributed by atoms with Gasteiger partial charge in [-0.3, -0.25) is 4.79 Å². The van der Waals surface area contributed by atoms with Crippen LogP contribution >= 0.6 is 11.6 Å². The SMILES string of the molecule is C=CCOc1ccc(/C=C/C(=O)OCC(=O)N[C@H](C)c2ccc(Cl)cc2)cc1. The fraction of sp³-hybridized carbons (Fsp3) is 0.182. The van der Waals surface area contributed by atoms with Crippen molar-refractivity contribution in [2.45, 2.75) is 13.0 Å². The van der Waals surface area contributed by atoms with Gasteiger partial charge in [-0.25, -0.2) is 4.79 Å². The Kier molecular flexibility index (Phi) is 8.31. The molecule has 6 heteroatoms. The van der Waals surface area contributed by atoms with Crippen molar-refractivity contribution in [1.29, 1.82) is 0 Å². The standard InChI is InChI=1S/C22H22ClNO4/c1-3-14-27-20-11-4-17(5-12-20)6-13-22(26)28-15-21(25)24-16(2)18-7-9-19(23)10-8-18/h3-13,16H,1,14-15H2,2H3,(H,24,25)/b13-6+/t16-/m1/s1. The normalized spacial score (nSPS) is 11.6. The predicted octanol–water partition coefficient (Wildman–Crippen LogP) is 4.34. The summed E-state index contributed by atoms with van der Waals surface area (Å²) in [5.74, 6) is -0.264. The zero-order valence-electron chi connectivity index (χ0n) is 15.6. The van der Waals surface area contributed by atoms with E-state index in [2.05, 4.69) is 11.9 Å². The third kappa shape index (κ3) is 7.29. The van der Waals surface area contributed by atoms with E-state index < -0.39 is 5.97 Å². The highest BCUT2D eigenvalue weighted by molar-refractivity contribution is 6.30. The molecule has 28 heavy (non-hydrogen) atoms. The zero-order valence-corrected chi connectivity index (χ0v) is 16.3. The summed E-state index contributed by atoms with van der Waals surface area (Å²) in [7, 11) is 0. The van der Waals surface area contributed by atoms with Crippen LogP contribution in [-0.2, 0) is 14.3 Å². The molecule has 5 nitrogen and oxygen atoms in total. The lowest BCUT2D eigenvalue weighted by atomic mass is 10.1. The van der Waals surface area contributed by atoms with E-state index in [9.17, 15) is 9.59 Å². The van der Waals surface area contributed by atoms with Gasteiger partial charge in [0, 0.05) is 11.1 Å². The van der Waals surface area contributed by atoms with Crippen LogP contribution in [0.5, 0.6) is 5.75 Å². The Hall–Kier alpha value is -3.05. The number of benzene rings is 2. The van der Waals surface area contributed by atoms with E-state index in [1.807, 2.05) is 31.2 Å². The molecule has 0 radical (unpaired) electrons. The lowest BCUT2D eigenvalue weighted by Crippen LogP contribution is -2.30. The number of halogens is 1. The summed E-state index contributed by atoms with van der Waals surface area (Å²) < 4.78 is 10.3. The third-order valence-corrected chi connectivity index (χ3v) is 4.00. The highest BCUT2D eigenvalue weighted by Crippen LogP contribution is 2.16. The van der Waals surface area contributed by atoms with Crippen molar-refractivity contribution in [2.75, 3.05) is 13.2 Å². The van der Waals surface area contributed by atoms with E-state index >= 15 is 0 Å². The van der Waals surface area contributed by atoms with Crippen LogP contribution in [-0.4, -0.2) is 25.1 Å². The fourth-order valence-electron chi connectivity index (χ4n) is 2.30. The number of carbonyl (C=O) groups excluding carboxylic acids is 2. The first kappa shape index (κ1) is 21.3. The minimum Gasteiger partial charge on any atom is -0.490 e. The molecule has 2 rings (SSSR count). The summed E-state index contributed by atoms with van der Waals surface area (Å²) in [5.41, 5.74) is 1.72. The van der Waals surface area contributed by atoms with Crippen molar-refractivity contribution >= 4 is 29.6 Å². The first-order valence-corrected chi connectivity index (χ1v) is 9.09. The van der Waals surface area contributed by atoms with Gasteiger partial charge in [0.05, 0.1) is 6.04 Å². The number of esters is 1. The van der Waals surface area contributed by atoms with E-state index in [-0.39, 0.29) is 18.6 Å². The summed E-state index contributed by atoms with van der Waals surface area (Å²) in [5, 5.41) is 3.39. The Bertz CT molecular complexity index is 829. The number of amides is 1. The Morgan fingerprint density at radius 3 is 2.46 bits per heavy atom. The molecule has 0 aliphatic heterocycles. The van der Waals surface area contributed by atoms with Crippen LogP contribution in [0, 0.1) is 0 Å². The molecule has 0 aliphatic rings. The smallest absolute Gasteiger partial charge is 0.331 e. The van der Waals surface area contributed by atoms with Crippen LogP contribution in [0.1, 0.15) is 24.1 Å². The number of hydrogen-bond acceptors (Lipinski definition) is 4. The van der Waals surface area contributed by atoms with E-state index in [1.54, 1.807) is 36.4 Å². The molecule has 2 aromatic carbocycles. The maximum Gasteiger partial charge on any atom is 0.331 e. The summed E-state index contributed by atoms with van der Waals surface area (Å²) >= 11 is 5.85. The number of hydrogen-bond donors (Lipinski definition) is 1. The van der Waals surface area contributed by atoms with Crippen molar-refractivity contribution in [1.82, 2.24) is 5.32 Å². The molecule has 0 saturated carbocycles. The highest BCUT2D eigenvalue weighted by Gasteiger charge is 2.11. The van der Waals surface area contributed by atoms with Gasteiger partial charge in [0.1, 0.15) is 12.4 Å². The zero-order chi connectivity index (χ0) is 20.4. The number of carbonyl (C=O) groups is 2. The van der Waals surface area contributed by atoms with Crippen molar-refractivity contribution in [3.8, 4) is 5.75 Å². The second kappa shape index (κ2) is 10.9. The summed E-state index contributed by atoms with van der Waals surface area (Å²) in [6.45, 7) is 5.50. The number of rotatable bonds is 9. The van der Waals surface area contributed by atoms with Crippen molar-refractivity contribution in [3.05, 3.63) is 83.4 Å². The lowest BCUT2D eigenvalue weighted by molar-refractivity contribution is -0.144. The Morgan fingerprint density at radius 2 is 1.82 bits per heavy atom. The van der Waals surface area contributed by atoms with Gasteiger partial charge in [-0.1, -0.05) is 48.5 Å². The molecule has 0 saturated heterocycles. The molecule has 0 heterocycles. The van der Waals surface area contributed by atoms with Crippen molar-refractivity contribution < 1.29 is 19.1 Å². The monoisotopic (exact) mass is 399 g/mol. The van der Waals surface area contributed by atoms with Crippen LogP contribution in [0.15, 0.2) is 67.3 Å². The van der Waals surface area contributed by atoms with Gasteiger partial charge in [0.25, 0.3) is 5.91 Å². The quantitative estimate of drug-likeness (QED) is 0.387. The third-order valence-electron chi connectivity index (χ3n) is 3.75. The first-order chi connectivity index (χ1) is 13.5. The second-order valence-electron chi connectivity index (χ2n) is 5.95. The van der Waals surface area contributed by atoms with Crippen molar-refractivity contribution in [3.63, 3.8) is 0 Å². The van der Waals surface area contributed by atoms with E-state index in [0.717, 1.165) is 11.1 Å². The summed E-state index contributed by atoms with van der Waals surface area (Å²) in [6, 6.07) is 14.1. The minimum atomic E-state index is -0.596. The molecule has 0 spiro atoms. The molecule has 1 atom stereocenters. The van der Waals surface area contributed by atoms with Crippen LogP contribution in [0.2, 0.25) is 5.02 Å². The predicted molar refractivity (Wildman–Crippen MR) is 110 cm³/mol. The minimum absolute atomic E-state index is 0.221. The molecule has 0 aromatic heterocycles. The van der Waals surface area contributed by atoms with Gasteiger partial charge in [0.2, 0.25) is 0 Å². The molecule has 0 fully saturated rings. The van der Waals surface area contributed by atoms with Crippen LogP contribution in [0.3, 0.4) is 0 Å². The Labute approximate surface area is 169 Å². The maximum absolute atomic E-state index is 11.9. The molecule has 146 valence electrons. The highest BCUT2D eigenvalue weighted by atomic mass is 35.5. The Balaban J connectivity index is 1.76. The summed E-state index contributed by atoms with van der Waals surface area (Å²) in [4.78, 5) is 23.7. The van der Waals surface area contributed by atoms with Gasteiger partial charge in [-0.15, -0.1) is 0 Å². The molecule has 1 amide bonds. The van der Waals surface area contributed by atoms with Crippen LogP contribution in [0.4, 0.5) is 0 Å². The second-order valence-corrected chi connectivity index (χ2v) is 6.39. The van der Waals surface area contributed by atoms with Gasteiger partial charge in [-0.2, -0.15) is 0 Å². The van der Waals surface area contributed by atoms with Gasteiger partial charge in [0.15, 0.2) is 6.61 Å². The molecule has 0 aliphatic carbocycles. The average molecular weight is 400 g/mol. The topological polar surface area (TPSA) is 64.6 Å². The summed E-state index contributed by atoms with van der Waals surface area (Å²) in [6.07, 6.45) is 4.54. The molecular weight excluding hydrogens is 378 g/mol. The fourth-order valence-corrected chi connectivity index (χ4v) is 2.42.